The van der Waals surface area contributed by atoms with Gasteiger partial charge in [0.15, 0.2) is 0 Å². The van der Waals surface area contributed by atoms with Crippen molar-refractivity contribution in [3.63, 3.8) is 0 Å². The Kier molecular flexibility index (Phi) is 2.92. The molecule has 0 bridgehead atoms. The standard InChI is InChI=1S/C13H17NOS/c15-13(10-5-6-16-8-10)12-11-4-2-1-3-9(11)7-14-12/h1-4,10,12-15H,5-8H2. The van der Waals surface area contributed by atoms with E-state index in [2.05, 4.69) is 29.6 Å². The van der Waals surface area contributed by atoms with Crippen LogP contribution in [0.2, 0.25) is 0 Å². The maximum absolute atomic E-state index is 10.4. The molecular formula is C13H17NOS. The third-order valence-electron chi connectivity index (χ3n) is 3.69. The first-order valence-electron chi connectivity index (χ1n) is 5.93. The summed E-state index contributed by atoms with van der Waals surface area (Å²) in [7, 11) is 0. The van der Waals surface area contributed by atoms with Gasteiger partial charge in [0.25, 0.3) is 0 Å². The monoisotopic (exact) mass is 235 g/mol. The summed E-state index contributed by atoms with van der Waals surface area (Å²) in [6.45, 7) is 0.901. The Morgan fingerprint density at radius 2 is 2.25 bits per heavy atom. The third kappa shape index (κ3) is 1.77. The number of thioether (sulfide) groups is 1. The largest absolute Gasteiger partial charge is 0.391 e. The average molecular weight is 235 g/mol. The summed E-state index contributed by atoms with van der Waals surface area (Å²) in [5.74, 6) is 2.78. The number of hydrogen-bond donors (Lipinski definition) is 2. The molecule has 1 fully saturated rings. The molecule has 0 amide bonds. The summed E-state index contributed by atoms with van der Waals surface area (Å²) in [5.41, 5.74) is 2.64. The molecule has 16 heavy (non-hydrogen) atoms. The third-order valence-corrected chi connectivity index (χ3v) is 4.88. The number of nitrogens with one attached hydrogen (secondary N) is 1. The molecule has 0 saturated carbocycles. The van der Waals surface area contributed by atoms with E-state index in [0.29, 0.717) is 5.92 Å². The van der Waals surface area contributed by atoms with Crippen LogP contribution >= 0.6 is 11.8 Å². The van der Waals surface area contributed by atoms with Crippen molar-refractivity contribution in [1.82, 2.24) is 5.32 Å². The van der Waals surface area contributed by atoms with Crippen molar-refractivity contribution < 1.29 is 5.11 Å². The number of fused-ring (bicyclic) bond motifs is 1. The lowest BCUT2D eigenvalue weighted by Gasteiger charge is -2.24. The minimum atomic E-state index is -0.223. The molecule has 0 spiro atoms. The summed E-state index contributed by atoms with van der Waals surface area (Å²) in [6.07, 6.45) is 0.935. The van der Waals surface area contributed by atoms with Crippen molar-refractivity contribution in [2.75, 3.05) is 11.5 Å². The molecule has 1 aromatic rings. The highest BCUT2D eigenvalue weighted by molar-refractivity contribution is 7.99. The lowest BCUT2D eigenvalue weighted by atomic mass is 9.91. The summed E-state index contributed by atoms with van der Waals surface area (Å²) >= 11 is 1.96. The number of benzene rings is 1. The maximum atomic E-state index is 10.4. The molecule has 3 unspecified atom stereocenters. The molecule has 3 rings (SSSR count). The van der Waals surface area contributed by atoms with Gasteiger partial charge in [-0.15, -0.1) is 0 Å². The fourth-order valence-corrected chi connectivity index (χ4v) is 4.03. The van der Waals surface area contributed by atoms with E-state index in [-0.39, 0.29) is 12.1 Å². The smallest absolute Gasteiger partial charge is 0.0771 e. The quantitative estimate of drug-likeness (QED) is 0.821. The average Bonchev–Trinajstić information content (AvgIpc) is 2.98. The van der Waals surface area contributed by atoms with Crippen LogP contribution in [0.5, 0.6) is 0 Å². The van der Waals surface area contributed by atoms with Crippen molar-refractivity contribution >= 4 is 11.8 Å². The fourth-order valence-electron chi connectivity index (χ4n) is 2.73. The molecule has 2 N–H and O–H groups in total. The maximum Gasteiger partial charge on any atom is 0.0771 e. The summed E-state index contributed by atoms with van der Waals surface area (Å²) in [5, 5.41) is 13.9. The van der Waals surface area contributed by atoms with Gasteiger partial charge in [0.2, 0.25) is 0 Å². The Bertz CT molecular complexity index is 376. The molecule has 2 nitrogen and oxygen atoms in total. The number of aliphatic hydroxyl groups excluding tert-OH is 1. The molecule has 0 aliphatic carbocycles. The van der Waals surface area contributed by atoms with E-state index in [9.17, 15) is 5.11 Å². The molecule has 1 saturated heterocycles. The second kappa shape index (κ2) is 4.40. The highest BCUT2D eigenvalue weighted by Gasteiger charge is 2.34. The number of rotatable bonds is 2. The van der Waals surface area contributed by atoms with E-state index in [1.807, 2.05) is 11.8 Å². The van der Waals surface area contributed by atoms with Crippen LogP contribution in [0.25, 0.3) is 0 Å². The van der Waals surface area contributed by atoms with Crippen LogP contribution in [-0.4, -0.2) is 22.7 Å². The second-order valence-electron chi connectivity index (χ2n) is 4.67. The highest BCUT2D eigenvalue weighted by atomic mass is 32.2. The highest BCUT2D eigenvalue weighted by Crippen LogP contribution is 2.35. The molecule has 3 heteroatoms. The minimum absolute atomic E-state index is 0.153. The Morgan fingerprint density at radius 1 is 1.38 bits per heavy atom. The van der Waals surface area contributed by atoms with Crippen LogP contribution in [0, 0.1) is 5.92 Å². The van der Waals surface area contributed by atoms with Gasteiger partial charge in [-0.3, -0.25) is 0 Å². The molecule has 0 radical (unpaired) electrons. The molecule has 2 aliphatic heterocycles. The summed E-state index contributed by atoms with van der Waals surface area (Å²) in [6, 6.07) is 8.58. The molecule has 86 valence electrons. The SMILES string of the molecule is OC(C1CCSC1)C1NCc2ccccc21. The minimum Gasteiger partial charge on any atom is -0.391 e. The first-order chi connectivity index (χ1) is 7.86. The Morgan fingerprint density at radius 3 is 3.06 bits per heavy atom. The van der Waals surface area contributed by atoms with Gasteiger partial charge in [-0.1, -0.05) is 24.3 Å². The molecular weight excluding hydrogens is 218 g/mol. The number of hydrogen-bond acceptors (Lipinski definition) is 3. The van der Waals surface area contributed by atoms with Gasteiger partial charge in [-0.05, 0) is 35.0 Å². The normalized spacial score (nSPS) is 30.3. The van der Waals surface area contributed by atoms with Gasteiger partial charge in [0.1, 0.15) is 0 Å². The van der Waals surface area contributed by atoms with Crippen LogP contribution < -0.4 is 5.32 Å². The summed E-state index contributed by atoms with van der Waals surface area (Å²) < 4.78 is 0. The van der Waals surface area contributed by atoms with E-state index in [1.165, 1.54) is 16.9 Å². The molecule has 2 heterocycles. The summed E-state index contributed by atoms with van der Waals surface area (Å²) in [4.78, 5) is 0. The van der Waals surface area contributed by atoms with Gasteiger partial charge in [-0.25, -0.2) is 0 Å². The van der Waals surface area contributed by atoms with Gasteiger partial charge in [0.05, 0.1) is 12.1 Å². The van der Waals surface area contributed by atoms with Crippen molar-refractivity contribution in [3.05, 3.63) is 35.4 Å². The van der Waals surface area contributed by atoms with Gasteiger partial charge in [-0.2, -0.15) is 11.8 Å². The van der Waals surface area contributed by atoms with Crippen LogP contribution in [0.4, 0.5) is 0 Å². The van der Waals surface area contributed by atoms with Crippen molar-refractivity contribution in [2.45, 2.75) is 25.1 Å². The van der Waals surface area contributed by atoms with Crippen LogP contribution in [0.3, 0.4) is 0 Å². The zero-order valence-corrected chi connectivity index (χ0v) is 10.0. The first-order valence-corrected chi connectivity index (χ1v) is 7.09. The van der Waals surface area contributed by atoms with E-state index in [4.69, 9.17) is 0 Å². The van der Waals surface area contributed by atoms with E-state index in [1.54, 1.807) is 0 Å². The van der Waals surface area contributed by atoms with Crippen molar-refractivity contribution in [3.8, 4) is 0 Å². The van der Waals surface area contributed by atoms with Gasteiger partial charge >= 0.3 is 0 Å². The molecule has 3 atom stereocenters. The van der Waals surface area contributed by atoms with E-state index < -0.39 is 0 Å². The topological polar surface area (TPSA) is 32.3 Å². The lowest BCUT2D eigenvalue weighted by molar-refractivity contribution is 0.0824. The van der Waals surface area contributed by atoms with Crippen molar-refractivity contribution in [2.24, 2.45) is 5.92 Å². The van der Waals surface area contributed by atoms with Crippen LogP contribution in [0.1, 0.15) is 23.6 Å². The second-order valence-corrected chi connectivity index (χ2v) is 5.82. The van der Waals surface area contributed by atoms with Gasteiger partial charge in [0, 0.05) is 6.54 Å². The van der Waals surface area contributed by atoms with Crippen LogP contribution in [0.15, 0.2) is 24.3 Å². The Balaban J connectivity index is 1.81. The number of aliphatic hydroxyl groups is 1. The van der Waals surface area contributed by atoms with Crippen molar-refractivity contribution in [1.29, 1.82) is 0 Å². The van der Waals surface area contributed by atoms with E-state index in [0.717, 1.165) is 18.7 Å². The molecule has 1 aromatic carbocycles. The van der Waals surface area contributed by atoms with E-state index >= 15 is 0 Å². The zero-order chi connectivity index (χ0) is 11.0. The van der Waals surface area contributed by atoms with Gasteiger partial charge < -0.3 is 10.4 Å². The first kappa shape index (κ1) is 10.6. The Labute approximate surface area is 100 Å². The zero-order valence-electron chi connectivity index (χ0n) is 9.23. The fraction of sp³-hybridized carbons (Fsp3) is 0.538. The van der Waals surface area contributed by atoms with Crippen LogP contribution in [-0.2, 0) is 6.54 Å². The Hall–Kier alpha value is -0.510. The molecule has 0 aromatic heterocycles. The predicted octanol–water partition coefficient (Wildman–Crippen LogP) is 1.94. The lowest BCUT2D eigenvalue weighted by Crippen LogP contribution is -2.33. The molecule has 2 aliphatic rings. The predicted molar refractivity (Wildman–Crippen MR) is 67.5 cm³/mol.